The van der Waals surface area contributed by atoms with Crippen molar-refractivity contribution in [2.75, 3.05) is 26.2 Å². The van der Waals surface area contributed by atoms with Gasteiger partial charge >= 0.3 is 0 Å². The van der Waals surface area contributed by atoms with Gasteiger partial charge in [-0.05, 0) is 6.92 Å². The van der Waals surface area contributed by atoms with E-state index in [1.807, 2.05) is 13.1 Å². The number of nitrogens with two attached hydrogens (primary N) is 1. The molecule has 2 N–H and O–H groups in total. The average Bonchev–Trinajstić information content (AvgIpc) is 2.64. The van der Waals surface area contributed by atoms with E-state index in [2.05, 4.69) is 9.88 Å². The van der Waals surface area contributed by atoms with Gasteiger partial charge in [0.25, 0.3) is 0 Å². The Balaban J connectivity index is 0.00000128. The van der Waals surface area contributed by atoms with Crippen molar-refractivity contribution in [2.24, 2.45) is 5.73 Å². The number of ether oxygens (including phenoxy) is 1. The summed E-state index contributed by atoms with van der Waals surface area (Å²) in [6.07, 6.45) is 2.17. The predicted octanol–water partition coefficient (Wildman–Crippen LogP) is 1.03. The second-order valence-electron chi connectivity index (χ2n) is 3.81. The molecule has 92 valence electrons. The van der Waals surface area contributed by atoms with Crippen LogP contribution in [0.3, 0.4) is 0 Å². The quantitative estimate of drug-likeness (QED) is 0.885. The molecule has 0 aromatic carbocycles. The Labute approximate surface area is 106 Å². The third-order valence-electron chi connectivity index (χ3n) is 2.53. The van der Waals surface area contributed by atoms with Crippen LogP contribution in [0.15, 0.2) is 6.20 Å². The highest BCUT2D eigenvalue weighted by molar-refractivity contribution is 7.11. The second-order valence-corrected chi connectivity index (χ2v) is 5.13. The van der Waals surface area contributed by atoms with Gasteiger partial charge in [-0.1, -0.05) is 0 Å². The van der Waals surface area contributed by atoms with Gasteiger partial charge in [0.2, 0.25) is 0 Å². The molecule has 1 aliphatic rings. The van der Waals surface area contributed by atoms with E-state index >= 15 is 0 Å². The summed E-state index contributed by atoms with van der Waals surface area (Å²) in [4.78, 5) is 7.96. The predicted molar refractivity (Wildman–Crippen MR) is 68.2 cm³/mol. The summed E-state index contributed by atoms with van der Waals surface area (Å²) in [5, 5.41) is 1.13. The number of aryl methyl sites for hydroxylation is 1. The van der Waals surface area contributed by atoms with Crippen molar-refractivity contribution in [3.05, 3.63) is 16.1 Å². The van der Waals surface area contributed by atoms with Crippen LogP contribution in [0.25, 0.3) is 0 Å². The molecule has 16 heavy (non-hydrogen) atoms. The highest BCUT2D eigenvalue weighted by Crippen LogP contribution is 2.15. The fourth-order valence-electron chi connectivity index (χ4n) is 1.77. The summed E-state index contributed by atoms with van der Waals surface area (Å²) in [5.74, 6) is 0. The summed E-state index contributed by atoms with van der Waals surface area (Å²) in [5.41, 5.74) is 5.60. The van der Waals surface area contributed by atoms with Crippen molar-refractivity contribution >= 4 is 23.7 Å². The summed E-state index contributed by atoms with van der Waals surface area (Å²) in [6, 6.07) is 0. The maximum absolute atomic E-state index is 5.60. The lowest BCUT2D eigenvalue weighted by Crippen LogP contribution is -2.44. The van der Waals surface area contributed by atoms with E-state index in [-0.39, 0.29) is 18.5 Å². The maximum atomic E-state index is 5.60. The minimum atomic E-state index is 0. The van der Waals surface area contributed by atoms with Gasteiger partial charge in [0.05, 0.1) is 17.7 Å². The van der Waals surface area contributed by atoms with E-state index in [1.54, 1.807) is 11.3 Å². The molecule has 1 unspecified atom stereocenters. The van der Waals surface area contributed by atoms with Crippen LogP contribution in [0.4, 0.5) is 0 Å². The largest absolute Gasteiger partial charge is 0.374 e. The topological polar surface area (TPSA) is 51.4 Å². The fraction of sp³-hybridized carbons (Fsp3) is 0.700. The van der Waals surface area contributed by atoms with Crippen molar-refractivity contribution in [3.8, 4) is 0 Å². The molecule has 0 spiro atoms. The van der Waals surface area contributed by atoms with Crippen LogP contribution in [-0.4, -0.2) is 42.2 Å². The molecule has 1 aromatic heterocycles. The van der Waals surface area contributed by atoms with E-state index in [1.165, 1.54) is 4.88 Å². The third kappa shape index (κ3) is 3.68. The Kier molecular flexibility index (Phi) is 5.64. The SMILES string of the molecule is Cc1ncc(CN2CCOC(CN)C2)s1.Cl. The molecule has 1 atom stereocenters. The van der Waals surface area contributed by atoms with Gasteiger partial charge in [-0.25, -0.2) is 4.98 Å². The van der Waals surface area contributed by atoms with Crippen LogP contribution in [-0.2, 0) is 11.3 Å². The second kappa shape index (κ2) is 6.51. The molecule has 6 heteroatoms. The van der Waals surface area contributed by atoms with Gasteiger partial charge in [-0.2, -0.15) is 0 Å². The zero-order valence-corrected chi connectivity index (χ0v) is 11.0. The molecule has 0 radical (unpaired) electrons. The Hall–Kier alpha value is -0.200. The molecule has 1 aromatic rings. The van der Waals surface area contributed by atoms with E-state index < -0.39 is 0 Å². The monoisotopic (exact) mass is 263 g/mol. The van der Waals surface area contributed by atoms with E-state index in [0.717, 1.165) is 31.2 Å². The van der Waals surface area contributed by atoms with Crippen LogP contribution in [0.5, 0.6) is 0 Å². The van der Waals surface area contributed by atoms with E-state index in [9.17, 15) is 0 Å². The van der Waals surface area contributed by atoms with Crippen molar-refractivity contribution in [2.45, 2.75) is 19.6 Å². The van der Waals surface area contributed by atoms with Gasteiger partial charge in [0.15, 0.2) is 0 Å². The maximum Gasteiger partial charge on any atom is 0.0897 e. The van der Waals surface area contributed by atoms with E-state index in [4.69, 9.17) is 10.5 Å². The first-order valence-corrected chi connectivity index (χ1v) is 6.05. The van der Waals surface area contributed by atoms with Crippen molar-refractivity contribution < 1.29 is 4.74 Å². The van der Waals surface area contributed by atoms with Crippen LogP contribution in [0.1, 0.15) is 9.88 Å². The summed E-state index contributed by atoms with van der Waals surface area (Å²) >= 11 is 1.77. The van der Waals surface area contributed by atoms with E-state index in [0.29, 0.717) is 6.54 Å². The molecular weight excluding hydrogens is 246 g/mol. The molecule has 0 bridgehead atoms. The highest BCUT2D eigenvalue weighted by atomic mass is 35.5. The first-order chi connectivity index (χ1) is 7.28. The fourth-order valence-corrected chi connectivity index (χ4v) is 2.60. The van der Waals surface area contributed by atoms with Crippen molar-refractivity contribution in [1.29, 1.82) is 0 Å². The molecular formula is C10H18ClN3OS. The normalized spacial score (nSPS) is 21.8. The Morgan fingerprint density at radius 1 is 1.69 bits per heavy atom. The Morgan fingerprint density at radius 3 is 3.12 bits per heavy atom. The van der Waals surface area contributed by atoms with Gasteiger partial charge in [0, 0.05) is 37.3 Å². The standard InChI is InChI=1S/C10H17N3OS.ClH/c1-8-12-5-10(15-8)7-13-2-3-14-9(4-11)6-13;/h5,9H,2-4,6-7,11H2,1H3;1H. The lowest BCUT2D eigenvalue weighted by molar-refractivity contribution is -0.0257. The number of aromatic nitrogens is 1. The molecule has 1 saturated heterocycles. The summed E-state index contributed by atoms with van der Waals surface area (Å²) < 4.78 is 5.52. The number of rotatable bonds is 3. The van der Waals surface area contributed by atoms with Gasteiger partial charge in [-0.3, -0.25) is 4.90 Å². The Bertz CT molecular complexity index is 321. The molecule has 0 saturated carbocycles. The minimum absolute atomic E-state index is 0. The Morgan fingerprint density at radius 2 is 2.50 bits per heavy atom. The third-order valence-corrected chi connectivity index (χ3v) is 3.43. The van der Waals surface area contributed by atoms with Crippen molar-refractivity contribution in [3.63, 3.8) is 0 Å². The first-order valence-electron chi connectivity index (χ1n) is 5.23. The first kappa shape index (κ1) is 13.9. The van der Waals surface area contributed by atoms with Crippen LogP contribution >= 0.6 is 23.7 Å². The molecule has 2 heterocycles. The molecule has 1 aliphatic heterocycles. The highest BCUT2D eigenvalue weighted by Gasteiger charge is 2.19. The average molecular weight is 264 g/mol. The molecule has 2 rings (SSSR count). The summed E-state index contributed by atoms with van der Waals surface area (Å²) in [7, 11) is 0. The number of hydrogen-bond donors (Lipinski definition) is 1. The van der Waals surface area contributed by atoms with Crippen LogP contribution < -0.4 is 5.73 Å². The number of morpholine rings is 1. The molecule has 1 fully saturated rings. The van der Waals surface area contributed by atoms with Crippen molar-refractivity contribution in [1.82, 2.24) is 9.88 Å². The smallest absolute Gasteiger partial charge is 0.0897 e. The number of halogens is 1. The zero-order valence-electron chi connectivity index (χ0n) is 9.39. The molecule has 0 aliphatic carbocycles. The summed E-state index contributed by atoms with van der Waals surface area (Å²) in [6.45, 7) is 6.35. The van der Waals surface area contributed by atoms with Gasteiger partial charge in [-0.15, -0.1) is 23.7 Å². The minimum Gasteiger partial charge on any atom is -0.374 e. The van der Waals surface area contributed by atoms with Crippen LogP contribution in [0, 0.1) is 6.92 Å². The lowest BCUT2D eigenvalue weighted by Gasteiger charge is -2.31. The van der Waals surface area contributed by atoms with Crippen LogP contribution in [0.2, 0.25) is 0 Å². The number of nitrogens with zero attached hydrogens (tertiary/aromatic N) is 2. The lowest BCUT2D eigenvalue weighted by atomic mass is 10.2. The van der Waals surface area contributed by atoms with Gasteiger partial charge in [0.1, 0.15) is 0 Å². The number of hydrogen-bond acceptors (Lipinski definition) is 5. The molecule has 0 amide bonds. The number of thiazole rings is 1. The molecule has 4 nitrogen and oxygen atoms in total. The van der Waals surface area contributed by atoms with Gasteiger partial charge < -0.3 is 10.5 Å². The zero-order chi connectivity index (χ0) is 10.7.